The minimum atomic E-state index is -0.320. The third kappa shape index (κ3) is 5.51. The molecule has 3 aromatic carbocycles. The lowest BCUT2D eigenvalue weighted by molar-refractivity contribution is 0.0977. The van der Waals surface area contributed by atoms with E-state index in [1.807, 2.05) is 42.5 Å². The van der Waals surface area contributed by atoms with Crippen LogP contribution in [0.5, 0.6) is 5.75 Å². The molecule has 0 aliphatic heterocycles. The molecular formula is C27H20N4O3S. The molecule has 0 atom stereocenters. The summed E-state index contributed by atoms with van der Waals surface area (Å²) in [5.41, 5.74) is 4.37. The number of carbonyl (C=O) groups is 1. The standard InChI is InChI=1S/C27H20N4O3S/c32-25(19-6-9-22(10-7-19)33-17-18-4-2-1-3-5-18)31-27(35)29-21-8-11-24-23(16-21)30-26(34-24)20-12-14-28-15-13-20/h1-16H,17H2,(H2,29,31,32,35). The smallest absolute Gasteiger partial charge is 0.257 e. The highest BCUT2D eigenvalue weighted by atomic mass is 32.1. The number of nitrogens with one attached hydrogen (secondary N) is 2. The number of thiocarbonyl (C=S) groups is 1. The summed E-state index contributed by atoms with van der Waals surface area (Å²) < 4.78 is 11.6. The second-order valence-corrected chi connectivity index (χ2v) is 8.05. The number of oxazole rings is 1. The molecule has 0 saturated heterocycles. The van der Waals surface area contributed by atoms with Gasteiger partial charge in [-0.05, 0) is 72.4 Å². The van der Waals surface area contributed by atoms with Crippen molar-refractivity contribution in [2.24, 2.45) is 0 Å². The maximum Gasteiger partial charge on any atom is 0.257 e. The quantitative estimate of drug-likeness (QED) is 0.306. The number of anilines is 1. The Morgan fingerprint density at radius 2 is 1.71 bits per heavy atom. The van der Waals surface area contributed by atoms with E-state index in [0.29, 0.717) is 40.6 Å². The molecule has 2 aromatic heterocycles. The average Bonchev–Trinajstić information content (AvgIpc) is 3.32. The van der Waals surface area contributed by atoms with Crippen molar-refractivity contribution < 1.29 is 13.9 Å². The number of ether oxygens (including phenoxy) is 1. The zero-order valence-electron chi connectivity index (χ0n) is 18.5. The number of hydrogen-bond acceptors (Lipinski definition) is 6. The highest BCUT2D eigenvalue weighted by molar-refractivity contribution is 7.80. The second-order valence-electron chi connectivity index (χ2n) is 7.64. The highest BCUT2D eigenvalue weighted by Crippen LogP contribution is 2.25. The van der Waals surface area contributed by atoms with Crippen molar-refractivity contribution in [3.63, 3.8) is 0 Å². The summed E-state index contributed by atoms with van der Waals surface area (Å²) in [5, 5.41) is 5.89. The normalized spacial score (nSPS) is 10.6. The van der Waals surface area contributed by atoms with Crippen LogP contribution in [0.25, 0.3) is 22.6 Å². The fourth-order valence-electron chi connectivity index (χ4n) is 3.40. The fraction of sp³-hybridized carbons (Fsp3) is 0.0370. The molecule has 0 unspecified atom stereocenters. The molecule has 0 aliphatic carbocycles. The average molecular weight is 481 g/mol. The van der Waals surface area contributed by atoms with Crippen molar-refractivity contribution in [2.75, 3.05) is 5.32 Å². The third-order valence-corrected chi connectivity index (χ3v) is 5.37. The van der Waals surface area contributed by atoms with Crippen LogP contribution in [0.1, 0.15) is 15.9 Å². The van der Waals surface area contributed by atoms with Crippen LogP contribution in [-0.4, -0.2) is 21.0 Å². The van der Waals surface area contributed by atoms with Crippen molar-refractivity contribution in [2.45, 2.75) is 6.61 Å². The topological polar surface area (TPSA) is 89.3 Å². The summed E-state index contributed by atoms with van der Waals surface area (Å²) in [6.07, 6.45) is 3.37. The van der Waals surface area contributed by atoms with Crippen LogP contribution in [0.3, 0.4) is 0 Å². The minimum Gasteiger partial charge on any atom is -0.489 e. The van der Waals surface area contributed by atoms with Gasteiger partial charge >= 0.3 is 0 Å². The number of fused-ring (bicyclic) bond motifs is 1. The molecule has 0 bridgehead atoms. The maximum atomic E-state index is 12.6. The predicted molar refractivity (Wildman–Crippen MR) is 138 cm³/mol. The van der Waals surface area contributed by atoms with Gasteiger partial charge in [-0.1, -0.05) is 30.3 Å². The van der Waals surface area contributed by atoms with Crippen molar-refractivity contribution in [1.29, 1.82) is 0 Å². The summed E-state index contributed by atoms with van der Waals surface area (Å²) in [4.78, 5) is 21.1. The minimum absolute atomic E-state index is 0.177. The first-order valence-electron chi connectivity index (χ1n) is 10.8. The molecule has 8 heteroatoms. The number of hydrogen-bond donors (Lipinski definition) is 2. The zero-order chi connectivity index (χ0) is 24.0. The molecular weight excluding hydrogens is 460 g/mol. The molecule has 5 aromatic rings. The Morgan fingerprint density at radius 1 is 0.943 bits per heavy atom. The van der Waals surface area contributed by atoms with E-state index in [1.165, 1.54) is 0 Å². The maximum absolute atomic E-state index is 12.6. The molecule has 1 amide bonds. The van der Waals surface area contributed by atoms with E-state index in [2.05, 4.69) is 20.6 Å². The van der Waals surface area contributed by atoms with Crippen molar-refractivity contribution in [3.8, 4) is 17.2 Å². The number of rotatable bonds is 6. The monoisotopic (exact) mass is 480 g/mol. The van der Waals surface area contributed by atoms with E-state index in [0.717, 1.165) is 11.1 Å². The molecule has 35 heavy (non-hydrogen) atoms. The van der Waals surface area contributed by atoms with E-state index in [9.17, 15) is 4.79 Å². The van der Waals surface area contributed by atoms with Crippen LogP contribution in [0.4, 0.5) is 5.69 Å². The summed E-state index contributed by atoms with van der Waals surface area (Å²) in [5.74, 6) is 0.865. The van der Waals surface area contributed by atoms with Gasteiger partial charge in [-0.15, -0.1) is 0 Å². The molecule has 0 fully saturated rings. The van der Waals surface area contributed by atoms with Gasteiger partial charge in [0.1, 0.15) is 17.9 Å². The molecule has 7 nitrogen and oxygen atoms in total. The Labute approximate surface area is 206 Å². The van der Waals surface area contributed by atoms with Crippen LogP contribution >= 0.6 is 12.2 Å². The van der Waals surface area contributed by atoms with Gasteiger partial charge < -0.3 is 14.5 Å². The third-order valence-electron chi connectivity index (χ3n) is 5.16. The van der Waals surface area contributed by atoms with Crippen LogP contribution < -0.4 is 15.4 Å². The Morgan fingerprint density at radius 3 is 2.49 bits per heavy atom. The Hall–Kier alpha value is -4.56. The first-order valence-corrected chi connectivity index (χ1v) is 11.2. The van der Waals surface area contributed by atoms with Crippen molar-refractivity contribution in [3.05, 3.63) is 108 Å². The van der Waals surface area contributed by atoms with E-state index in [1.54, 1.807) is 54.9 Å². The first-order chi connectivity index (χ1) is 17.1. The zero-order valence-corrected chi connectivity index (χ0v) is 19.3. The summed E-state index contributed by atoms with van der Waals surface area (Å²) >= 11 is 5.32. The number of carbonyl (C=O) groups excluding carboxylic acids is 1. The van der Waals surface area contributed by atoms with Gasteiger partial charge in [0.05, 0.1) is 0 Å². The lowest BCUT2D eigenvalue weighted by Gasteiger charge is -2.10. The Balaban J connectivity index is 1.18. The van der Waals surface area contributed by atoms with Gasteiger partial charge in [0.25, 0.3) is 5.91 Å². The summed E-state index contributed by atoms with van der Waals surface area (Å²) in [7, 11) is 0. The number of amides is 1. The number of benzene rings is 3. The van der Waals surface area contributed by atoms with E-state index in [-0.39, 0.29) is 11.0 Å². The van der Waals surface area contributed by atoms with Crippen molar-refractivity contribution in [1.82, 2.24) is 15.3 Å². The molecule has 0 saturated carbocycles. The molecule has 0 spiro atoms. The van der Waals surface area contributed by atoms with Gasteiger partial charge in [-0.25, -0.2) is 4.98 Å². The van der Waals surface area contributed by atoms with Gasteiger partial charge in [-0.2, -0.15) is 0 Å². The first kappa shape index (κ1) is 22.2. The molecule has 5 rings (SSSR count). The lowest BCUT2D eigenvalue weighted by atomic mass is 10.2. The second kappa shape index (κ2) is 10.1. The molecule has 0 aliphatic rings. The largest absolute Gasteiger partial charge is 0.489 e. The fourth-order valence-corrected chi connectivity index (χ4v) is 3.61. The number of pyridine rings is 1. The number of nitrogens with zero attached hydrogens (tertiary/aromatic N) is 2. The van der Waals surface area contributed by atoms with Crippen LogP contribution in [0.2, 0.25) is 0 Å². The molecule has 172 valence electrons. The lowest BCUT2D eigenvalue weighted by Crippen LogP contribution is -2.34. The van der Waals surface area contributed by atoms with E-state index >= 15 is 0 Å². The Bertz CT molecular complexity index is 1470. The molecule has 2 N–H and O–H groups in total. The molecule has 0 radical (unpaired) electrons. The predicted octanol–water partition coefficient (Wildman–Crippen LogP) is 5.60. The molecule has 2 heterocycles. The van der Waals surface area contributed by atoms with Gasteiger partial charge in [0.2, 0.25) is 5.89 Å². The van der Waals surface area contributed by atoms with Crippen LogP contribution in [-0.2, 0) is 6.61 Å². The van der Waals surface area contributed by atoms with Gasteiger partial charge in [0.15, 0.2) is 10.7 Å². The van der Waals surface area contributed by atoms with Crippen LogP contribution in [0.15, 0.2) is 102 Å². The highest BCUT2D eigenvalue weighted by Gasteiger charge is 2.11. The SMILES string of the molecule is O=C(NC(=S)Nc1ccc2oc(-c3ccncc3)nc2c1)c1ccc(OCc2ccccc2)cc1. The summed E-state index contributed by atoms with van der Waals surface area (Å²) in [6.45, 7) is 0.459. The number of aromatic nitrogens is 2. The van der Waals surface area contributed by atoms with E-state index < -0.39 is 0 Å². The van der Waals surface area contributed by atoms with Crippen molar-refractivity contribution >= 4 is 40.0 Å². The Kier molecular flexibility index (Phi) is 6.45. The van der Waals surface area contributed by atoms with Gasteiger partial charge in [-0.3, -0.25) is 15.1 Å². The van der Waals surface area contributed by atoms with Crippen LogP contribution in [0, 0.1) is 0 Å². The van der Waals surface area contributed by atoms with Gasteiger partial charge in [0, 0.05) is 29.2 Å². The van der Waals surface area contributed by atoms with E-state index in [4.69, 9.17) is 21.4 Å². The summed E-state index contributed by atoms with van der Waals surface area (Å²) in [6, 6.07) is 25.9.